The van der Waals surface area contributed by atoms with Crippen LogP contribution in [0.25, 0.3) is 88.8 Å². The molecule has 1 atom stereocenters. The predicted octanol–water partition coefficient (Wildman–Crippen LogP) is 14.5. The molecule has 11 rings (SSSR count). The Hall–Kier alpha value is -7.42. The Bertz CT molecular complexity index is 3180. The number of benzene rings is 9. The van der Waals surface area contributed by atoms with Crippen LogP contribution in [-0.2, 0) is 5.41 Å². The Morgan fingerprint density at radius 3 is 1.66 bits per heavy atom. The lowest BCUT2D eigenvalue weighted by Crippen LogP contribution is -2.22. The van der Waals surface area contributed by atoms with E-state index in [0.29, 0.717) is 5.82 Å². The van der Waals surface area contributed by atoms with Crippen molar-refractivity contribution in [1.82, 2.24) is 9.97 Å². The van der Waals surface area contributed by atoms with Crippen molar-refractivity contribution in [2.75, 3.05) is 0 Å². The van der Waals surface area contributed by atoms with Crippen molar-refractivity contribution >= 4 is 21.5 Å². The van der Waals surface area contributed by atoms with Crippen LogP contribution < -0.4 is 0 Å². The van der Waals surface area contributed by atoms with E-state index in [0.717, 1.165) is 33.5 Å². The largest absolute Gasteiger partial charge is 0.228 e. The van der Waals surface area contributed by atoms with Crippen LogP contribution >= 0.6 is 0 Å². The van der Waals surface area contributed by atoms with Crippen molar-refractivity contribution in [1.29, 1.82) is 0 Å². The zero-order valence-electron chi connectivity index (χ0n) is 32.1. The van der Waals surface area contributed by atoms with Gasteiger partial charge in [-0.05, 0) is 96.7 Å². The van der Waals surface area contributed by atoms with Crippen molar-refractivity contribution in [2.24, 2.45) is 0 Å². The molecule has 1 aliphatic carbocycles. The van der Waals surface area contributed by atoms with Gasteiger partial charge >= 0.3 is 0 Å². The van der Waals surface area contributed by atoms with Gasteiger partial charge in [0.2, 0.25) is 0 Å². The normalized spacial score (nSPS) is 14.4. The molecule has 1 aliphatic rings. The number of fused-ring (bicyclic) bond motifs is 5. The molecule has 10 aromatic rings. The monoisotopic (exact) mass is 738 g/mol. The second-order valence-electron chi connectivity index (χ2n) is 15.4. The van der Waals surface area contributed by atoms with Gasteiger partial charge in [-0.15, -0.1) is 0 Å². The van der Waals surface area contributed by atoms with Gasteiger partial charge in [-0.3, -0.25) is 0 Å². The smallest absolute Gasteiger partial charge is 0.160 e. The molecule has 0 N–H and O–H groups in total. The third-order valence-corrected chi connectivity index (χ3v) is 12.2. The molecular weight excluding hydrogens is 701 g/mol. The number of aromatic nitrogens is 2. The molecule has 1 unspecified atom stereocenters. The molecule has 1 heterocycles. The molecule has 272 valence electrons. The van der Waals surface area contributed by atoms with Gasteiger partial charge in [0.1, 0.15) is 0 Å². The van der Waals surface area contributed by atoms with Crippen LogP contribution in [0.15, 0.2) is 212 Å². The standard InChI is InChI=1S/C56H38N2/c1-56(42-22-6-3-7-23-42)51-29-13-12-27-47(51)48-31-30-40(35-52(48)56)39-20-14-21-41(34-39)44-32-33-50(46-26-11-10-25-45(44)46)54-36-53(57-55(58-54)38-17-4-2-5-18-38)49-28-15-19-37-16-8-9-24-43(37)49/h2-36H,1H3. The molecule has 1 aromatic heterocycles. The lowest BCUT2D eigenvalue weighted by molar-refractivity contribution is 0.714. The van der Waals surface area contributed by atoms with Crippen LogP contribution in [0.5, 0.6) is 0 Å². The third kappa shape index (κ3) is 5.49. The van der Waals surface area contributed by atoms with Gasteiger partial charge in [0.25, 0.3) is 0 Å². The Labute approximate surface area is 338 Å². The van der Waals surface area contributed by atoms with Gasteiger partial charge in [0.05, 0.1) is 11.4 Å². The van der Waals surface area contributed by atoms with Crippen LogP contribution in [0.2, 0.25) is 0 Å². The summed E-state index contributed by atoms with van der Waals surface area (Å²) in [4.78, 5) is 10.4. The average molecular weight is 739 g/mol. The molecule has 0 radical (unpaired) electrons. The molecule has 2 heteroatoms. The molecule has 9 aromatic carbocycles. The van der Waals surface area contributed by atoms with E-state index in [1.165, 1.54) is 66.2 Å². The fourth-order valence-corrected chi connectivity index (χ4v) is 9.28. The molecule has 0 bridgehead atoms. The summed E-state index contributed by atoms with van der Waals surface area (Å²) in [5, 5.41) is 4.70. The molecule has 0 aliphatic heterocycles. The Balaban J connectivity index is 1.04. The van der Waals surface area contributed by atoms with E-state index in [2.05, 4.69) is 201 Å². The van der Waals surface area contributed by atoms with Crippen molar-refractivity contribution in [3.63, 3.8) is 0 Å². The maximum absolute atomic E-state index is 5.25. The summed E-state index contributed by atoms with van der Waals surface area (Å²) in [5.74, 6) is 0.711. The van der Waals surface area contributed by atoms with Gasteiger partial charge in [-0.2, -0.15) is 0 Å². The minimum Gasteiger partial charge on any atom is -0.228 e. The summed E-state index contributed by atoms with van der Waals surface area (Å²) in [6.45, 7) is 2.38. The summed E-state index contributed by atoms with van der Waals surface area (Å²) in [7, 11) is 0. The lowest BCUT2D eigenvalue weighted by atomic mass is 9.74. The first-order valence-electron chi connectivity index (χ1n) is 20.0. The molecule has 58 heavy (non-hydrogen) atoms. The summed E-state index contributed by atoms with van der Waals surface area (Å²) in [6.07, 6.45) is 0. The van der Waals surface area contributed by atoms with Crippen molar-refractivity contribution in [2.45, 2.75) is 12.3 Å². The van der Waals surface area contributed by atoms with E-state index in [1.807, 2.05) is 18.2 Å². The molecule has 0 amide bonds. The van der Waals surface area contributed by atoms with E-state index < -0.39 is 0 Å². The lowest BCUT2D eigenvalue weighted by Gasteiger charge is -2.28. The number of hydrogen-bond acceptors (Lipinski definition) is 2. The van der Waals surface area contributed by atoms with Crippen LogP contribution in [0.3, 0.4) is 0 Å². The average Bonchev–Trinajstić information content (AvgIpc) is 3.56. The second-order valence-corrected chi connectivity index (χ2v) is 15.4. The Kier molecular flexibility index (Phi) is 7.97. The van der Waals surface area contributed by atoms with E-state index in [4.69, 9.17) is 9.97 Å². The maximum atomic E-state index is 5.25. The SMILES string of the molecule is CC1(c2ccccc2)c2ccccc2-c2ccc(-c3cccc(-c4ccc(-c5cc(-c6cccc7ccccc67)nc(-c6ccccc6)n5)c5ccccc45)c3)cc21. The van der Waals surface area contributed by atoms with E-state index in [-0.39, 0.29) is 5.41 Å². The van der Waals surface area contributed by atoms with Crippen molar-refractivity contribution < 1.29 is 0 Å². The molecule has 0 saturated carbocycles. The summed E-state index contributed by atoms with van der Waals surface area (Å²) >= 11 is 0. The molecule has 2 nitrogen and oxygen atoms in total. The van der Waals surface area contributed by atoms with E-state index in [1.54, 1.807) is 0 Å². The number of hydrogen-bond donors (Lipinski definition) is 0. The van der Waals surface area contributed by atoms with E-state index >= 15 is 0 Å². The molecule has 0 spiro atoms. The van der Waals surface area contributed by atoms with E-state index in [9.17, 15) is 0 Å². The van der Waals surface area contributed by atoms with Crippen molar-refractivity contribution in [3.8, 4) is 67.3 Å². The minimum absolute atomic E-state index is 0.248. The quantitative estimate of drug-likeness (QED) is 0.170. The predicted molar refractivity (Wildman–Crippen MR) is 242 cm³/mol. The molecule has 0 fully saturated rings. The zero-order chi connectivity index (χ0) is 38.6. The second kappa shape index (κ2) is 13.7. The molecule has 0 saturated heterocycles. The highest BCUT2D eigenvalue weighted by atomic mass is 14.9. The minimum atomic E-state index is -0.248. The van der Waals surface area contributed by atoms with Gasteiger partial charge in [0.15, 0.2) is 5.82 Å². The highest BCUT2D eigenvalue weighted by molar-refractivity contribution is 6.05. The Morgan fingerprint density at radius 1 is 0.328 bits per heavy atom. The fraction of sp³-hybridized carbons (Fsp3) is 0.0357. The van der Waals surface area contributed by atoms with Crippen LogP contribution in [0.4, 0.5) is 0 Å². The first kappa shape index (κ1) is 33.9. The van der Waals surface area contributed by atoms with Crippen molar-refractivity contribution in [3.05, 3.63) is 229 Å². The van der Waals surface area contributed by atoms with Gasteiger partial charge < -0.3 is 0 Å². The van der Waals surface area contributed by atoms with Gasteiger partial charge in [0, 0.05) is 22.1 Å². The first-order valence-corrected chi connectivity index (χ1v) is 20.0. The van der Waals surface area contributed by atoms with Crippen LogP contribution in [0, 0.1) is 0 Å². The summed E-state index contributed by atoms with van der Waals surface area (Å²) in [6, 6.07) is 76.5. The van der Waals surface area contributed by atoms with Gasteiger partial charge in [-0.1, -0.05) is 194 Å². The summed E-state index contributed by atoms with van der Waals surface area (Å²) < 4.78 is 0. The van der Waals surface area contributed by atoms with Crippen LogP contribution in [0.1, 0.15) is 23.6 Å². The first-order chi connectivity index (χ1) is 28.6. The fourth-order valence-electron chi connectivity index (χ4n) is 9.28. The maximum Gasteiger partial charge on any atom is 0.160 e. The number of nitrogens with zero attached hydrogens (tertiary/aromatic N) is 2. The highest BCUT2D eigenvalue weighted by Gasteiger charge is 2.40. The molecular formula is C56H38N2. The topological polar surface area (TPSA) is 25.8 Å². The van der Waals surface area contributed by atoms with Gasteiger partial charge in [-0.25, -0.2) is 9.97 Å². The Morgan fingerprint density at radius 2 is 0.845 bits per heavy atom. The van der Waals surface area contributed by atoms with Crippen LogP contribution in [-0.4, -0.2) is 9.97 Å². The summed E-state index contributed by atoms with van der Waals surface area (Å²) in [5.41, 5.74) is 16.1. The third-order valence-electron chi connectivity index (χ3n) is 12.2. The highest BCUT2D eigenvalue weighted by Crippen LogP contribution is 2.53. The zero-order valence-corrected chi connectivity index (χ0v) is 32.1. The number of rotatable bonds is 6.